The molecule has 0 bridgehead atoms. The van der Waals surface area contributed by atoms with Crippen molar-refractivity contribution in [2.24, 2.45) is 5.92 Å². The summed E-state index contributed by atoms with van der Waals surface area (Å²) in [6.07, 6.45) is -11.9. The highest BCUT2D eigenvalue weighted by atomic mass is 35.5. The first-order chi connectivity index (χ1) is 35.7. The Balaban J connectivity index is 1.45. The molecule has 34 heteroatoms. The number of sulfone groups is 1. The third-order valence-corrected chi connectivity index (χ3v) is 15.9. The highest BCUT2D eigenvalue weighted by Crippen LogP contribution is 2.68. The second-order valence-electron chi connectivity index (χ2n) is 18.4. The van der Waals surface area contributed by atoms with Crippen LogP contribution in [-0.2, 0) is 74.9 Å². The Hall–Kier alpha value is -6.36. The van der Waals surface area contributed by atoms with Crippen molar-refractivity contribution >= 4 is 73.9 Å². The number of amides is 3. The number of anilines is 1. The Morgan fingerprint density at radius 1 is 0.974 bits per heavy atom. The lowest BCUT2D eigenvalue weighted by atomic mass is 9.93. The van der Waals surface area contributed by atoms with E-state index in [9.17, 15) is 70.9 Å². The van der Waals surface area contributed by atoms with E-state index in [1.54, 1.807) is 0 Å². The van der Waals surface area contributed by atoms with Crippen LogP contribution in [0.3, 0.4) is 0 Å². The molecule has 5 aromatic rings. The summed E-state index contributed by atoms with van der Waals surface area (Å²) >= 11 is 6.62. The van der Waals surface area contributed by atoms with Gasteiger partial charge in [0.2, 0.25) is 22.7 Å². The van der Waals surface area contributed by atoms with Crippen LogP contribution in [0.4, 0.5) is 54.5 Å². The Morgan fingerprint density at radius 2 is 1.60 bits per heavy atom. The van der Waals surface area contributed by atoms with Crippen molar-refractivity contribution in [2.45, 2.75) is 74.8 Å². The first kappa shape index (κ1) is 59.3. The minimum absolute atomic E-state index is 0.139. The molecule has 3 aromatic heterocycles. The molecule has 422 valence electrons. The lowest BCUT2D eigenvalue weighted by Crippen LogP contribution is -2.44. The SMILES string of the molecule is CN(CC(=O)N(c1nn(CC(F)(F)F)c2c(-c3ccc(C#CC(C)(C)S(C)(=O)=O)nc3[C@H](Cc3cc(F)cc(F)c3)NC(=O)Cn3nc(C(F)(F)F)c4c3C(F)(F)C3C[C@H]43)ccc(Cl)c12)S(C)(=O)=O)C(=O)OCOP(=O)(O)O. The van der Waals surface area contributed by atoms with Gasteiger partial charge in [0.1, 0.15) is 47.4 Å². The van der Waals surface area contributed by atoms with Crippen molar-refractivity contribution in [1.82, 2.24) is 34.8 Å². The van der Waals surface area contributed by atoms with Crippen molar-refractivity contribution in [2.75, 3.05) is 37.2 Å². The zero-order chi connectivity index (χ0) is 58.2. The van der Waals surface area contributed by atoms with Gasteiger partial charge in [-0.1, -0.05) is 23.6 Å². The maximum Gasteiger partial charge on any atom is 0.472 e. The fourth-order valence-corrected chi connectivity index (χ4v) is 9.98. The van der Waals surface area contributed by atoms with Gasteiger partial charge in [0, 0.05) is 42.0 Å². The van der Waals surface area contributed by atoms with Gasteiger partial charge in [-0.3, -0.25) is 19.0 Å². The number of likely N-dealkylation sites (N-methyl/N-ethyl adjacent to an activating group) is 1. The topological polar surface area (TPSA) is 263 Å². The molecule has 3 N–H and O–H groups in total. The van der Waals surface area contributed by atoms with Crippen LogP contribution >= 0.6 is 19.4 Å². The number of carbonyl (C=O) groups excluding carboxylic acids is 3. The van der Waals surface area contributed by atoms with Crippen LogP contribution in [0.5, 0.6) is 0 Å². The molecule has 1 fully saturated rings. The molecule has 3 heterocycles. The normalized spacial score (nSPS) is 16.7. The smallest absolute Gasteiger partial charge is 0.422 e. The van der Waals surface area contributed by atoms with Gasteiger partial charge in [0.05, 0.1) is 33.9 Å². The molecule has 1 unspecified atom stereocenters. The van der Waals surface area contributed by atoms with Crippen molar-refractivity contribution in [3.8, 4) is 23.0 Å². The minimum Gasteiger partial charge on any atom is -0.422 e. The van der Waals surface area contributed by atoms with Gasteiger partial charge in [0.25, 0.3) is 11.8 Å². The van der Waals surface area contributed by atoms with Crippen LogP contribution in [0.25, 0.3) is 22.0 Å². The first-order valence-corrected chi connectivity index (χ1v) is 27.7. The van der Waals surface area contributed by atoms with E-state index in [2.05, 4.69) is 41.6 Å². The number of sulfonamides is 1. The fraction of sp³-hybridized carbons (Fsp3) is 0.409. The Bertz CT molecular complexity index is 3620. The van der Waals surface area contributed by atoms with E-state index in [1.807, 2.05) is 0 Å². The molecule has 0 saturated heterocycles. The number of phosphoric acid groups is 1. The van der Waals surface area contributed by atoms with Crippen LogP contribution in [0.2, 0.25) is 5.02 Å². The van der Waals surface area contributed by atoms with E-state index in [4.69, 9.17) is 21.4 Å². The second-order valence-corrected chi connectivity index (χ2v) is 24.5. The number of phosphoric ester groups is 1. The van der Waals surface area contributed by atoms with Gasteiger partial charge in [0.15, 0.2) is 21.3 Å². The molecule has 3 amide bonds. The summed E-state index contributed by atoms with van der Waals surface area (Å²) in [7, 11) is -13.3. The number of nitrogens with zero attached hydrogens (tertiary/aromatic N) is 7. The van der Waals surface area contributed by atoms with Crippen LogP contribution in [-0.4, -0.2) is 118 Å². The van der Waals surface area contributed by atoms with E-state index in [-0.39, 0.29) is 31.3 Å². The maximum absolute atomic E-state index is 15.6. The largest absolute Gasteiger partial charge is 0.472 e. The average Bonchev–Trinajstić information content (AvgIpc) is 3.93. The number of rotatable bonds is 16. The van der Waals surface area contributed by atoms with Crippen LogP contribution in [0, 0.1) is 29.4 Å². The minimum atomic E-state index is -5.26. The van der Waals surface area contributed by atoms with Crippen molar-refractivity contribution in [1.29, 1.82) is 0 Å². The number of fused-ring (bicyclic) bond motifs is 4. The molecular formula is C44H40ClF10N8O12PS2. The lowest BCUT2D eigenvalue weighted by Gasteiger charge is -2.23. The van der Waals surface area contributed by atoms with Gasteiger partial charge in [-0.2, -0.15) is 49.6 Å². The van der Waals surface area contributed by atoms with Gasteiger partial charge in [-0.25, -0.2) is 44.5 Å². The van der Waals surface area contributed by atoms with E-state index < -0.39 is 186 Å². The number of nitrogens with one attached hydrogen (secondary N) is 1. The number of carbonyl (C=O) groups is 3. The summed E-state index contributed by atoms with van der Waals surface area (Å²) in [6, 6.07) is 4.26. The first-order valence-electron chi connectivity index (χ1n) is 22.1. The predicted octanol–water partition coefficient (Wildman–Crippen LogP) is 6.72. The fourth-order valence-electron chi connectivity index (χ4n) is 8.45. The lowest BCUT2D eigenvalue weighted by molar-refractivity contribution is -0.143. The molecule has 2 aromatic carbocycles. The van der Waals surface area contributed by atoms with Crippen molar-refractivity contribution < 1.29 is 98.7 Å². The molecule has 0 radical (unpaired) electrons. The van der Waals surface area contributed by atoms with Crippen LogP contribution in [0.15, 0.2) is 42.5 Å². The maximum atomic E-state index is 15.6. The summed E-state index contributed by atoms with van der Waals surface area (Å²) < 4.78 is 218. The molecule has 7 rings (SSSR count). The van der Waals surface area contributed by atoms with Gasteiger partial charge < -0.3 is 24.7 Å². The predicted molar refractivity (Wildman–Crippen MR) is 252 cm³/mol. The van der Waals surface area contributed by atoms with Gasteiger partial charge in [-0.05, 0) is 74.4 Å². The highest BCUT2D eigenvalue weighted by Gasteiger charge is 2.68. The highest BCUT2D eigenvalue weighted by molar-refractivity contribution is 7.93. The van der Waals surface area contributed by atoms with Gasteiger partial charge >= 0.3 is 26.3 Å². The second kappa shape index (κ2) is 20.7. The van der Waals surface area contributed by atoms with E-state index in [0.717, 1.165) is 49.7 Å². The standard InChI is InChI=1S/C44H40ClF10N8O12PS2/c1-41(2,77(4,70)71)11-10-24-6-7-25(26-8-9-29(45)34-36(26)62(19-42(48,49)50)59-39(34)63(78(5,72)73)32(65)18-60(3)40(66)74-20-75-76(67,68)69)35(56-24)30(14-21-12-22(46)15-23(47)13-21)57-31(64)17-61-38-33(37(58-61)44(53,54)55)27-16-28(27)43(38,51)52/h6-9,12-13,15,27-28,30H,14,16-20H2,1-5H3,(H,57,64)(H2,67,68,69)/t27-,28?,30-/m0/s1. The summed E-state index contributed by atoms with van der Waals surface area (Å²) in [6.45, 7) is -3.71. The van der Waals surface area contributed by atoms with Crippen LogP contribution < -0.4 is 9.62 Å². The summed E-state index contributed by atoms with van der Waals surface area (Å²) in [5.41, 5.74) is -6.53. The molecule has 0 spiro atoms. The molecule has 2 aliphatic rings. The Labute approximate surface area is 439 Å². The van der Waals surface area contributed by atoms with Gasteiger partial charge in [-0.15, -0.1) is 0 Å². The van der Waals surface area contributed by atoms with Crippen molar-refractivity contribution in [3.05, 3.63) is 93.0 Å². The van der Waals surface area contributed by atoms with E-state index in [0.29, 0.717) is 17.2 Å². The van der Waals surface area contributed by atoms with Crippen molar-refractivity contribution in [3.63, 3.8) is 0 Å². The zero-order valence-electron chi connectivity index (χ0n) is 40.5. The molecule has 2 aliphatic carbocycles. The number of hydrogen-bond acceptors (Lipinski definition) is 13. The quantitative estimate of drug-likeness (QED) is 0.0401. The number of hydrogen-bond donors (Lipinski definition) is 3. The third kappa shape index (κ3) is 12.7. The Kier molecular flexibility index (Phi) is 15.7. The molecule has 3 atom stereocenters. The molecular weight excluding hydrogens is 1150 g/mol. The Morgan fingerprint density at radius 3 is 2.18 bits per heavy atom. The third-order valence-electron chi connectivity index (χ3n) is 12.1. The number of aromatic nitrogens is 5. The summed E-state index contributed by atoms with van der Waals surface area (Å²) in [5, 5.41) is 8.25. The molecule has 78 heavy (non-hydrogen) atoms. The molecule has 0 aliphatic heterocycles. The number of halogens is 11. The number of pyridine rings is 1. The summed E-state index contributed by atoms with van der Waals surface area (Å²) in [5.74, 6) is -8.15. The number of benzene rings is 2. The van der Waals surface area contributed by atoms with E-state index >= 15 is 8.78 Å². The monoisotopic (exact) mass is 1190 g/mol. The van der Waals surface area contributed by atoms with E-state index in [1.165, 1.54) is 13.8 Å². The number of ether oxygens (including phenoxy) is 1. The number of alkyl halides is 8. The molecule has 20 nitrogen and oxygen atoms in total. The zero-order valence-corrected chi connectivity index (χ0v) is 43.8. The molecule has 1 saturated carbocycles. The van der Waals surface area contributed by atoms with Crippen LogP contribution in [0.1, 0.15) is 66.1 Å². The average molecular weight is 1190 g/mol. The summed E-state index contributed by atoms with van der Waals surface area (Å²) in [4.78, 5) is 63.3.